The second kappa shape index (κ2) is 7.68. The van der Waals surface area contributed by atoms with E-state index in [0.29, 0.717) is 11.3 Å². The lowest BCUT2D eigenvalue weighted by Crippen LogP contribution is -2.36. The van der Waals surface area contributed by atoms with Gasteiger partial charge in [-0.3, -0.25) is 14.7 Å². The van der Waals surface area contributed by atoms with Crippen LogP contribution in [0, 0.1) is 13.8 Å². The molecule has 0 saturated heterocycles. The van der Waals surface area contributed by atoms with Crippen LogP contribution in [0.25, 0.3) is 16.8 Å². The molecule has 2 aromatic carbocycles. The lowest BCUT2D eigenvalue weighted by Gasteiger charge is -2.09. The van der Waals surface area contributed by atoms with E-state index in [1.807, 2.05) is 35.1 Å². The van der Waals surface area contributed by atoms with Crippen molar-refractivity contribution in [1.82, 2.24) is 19.3 Å². The molecule has 0 saturated carbocycles. The minimum Gasteiger partial charge on any atom is -0.293 e. The molecule has 2 N–H and O–H groups in total. The fourth-order valence-electron chi connectivity index (χ4n) is 3.39. The quantitative estimate of drug-likeness (QED) is 0.490. The van der Waals surface area contributed by atoms with Crippen LogP contribution in [0.15, 0.2) is 64.3 Å². The van der Waals surface area contributed by atoms with Gasteiger partial charge in [-0.05, 0) is 31.5 Å². The molecule has 10 heteroatoms. The number of hydrogen-bond acceptors (Lipinski definition) is 5. The first kappa shape index (κ1) is 20.8. The number of halogens is 1. The minimum absolute atomic E-state index is 0.0442. The first-order valence-corrected chi connectivity index (χ1v) is 11.1. The average molecular weight is 457 g/mol. The van der Waals surface area contributed by atoms with Crippen molar-refractivity contribution in [3.8, 4) is 11.1 Å². The highest BCUT2D eigenvalue weighted by Crippen LogP contribution is 2.26. The van der Waals surface area contributed by atoms with Crippen molar-refractivity contribution in [2.45, 2.75) is 18.7 Å². The highest BCUT2D eigenvalue weighted by Gasteiger charge is 2.26. The summed E-state index contributed by atoms with van der Waals surface area (Å²) in [5.41, 5.74) is 1.61. The molecule has 0 spiro atoms. The van der Waals surface area contributed by atoms with E-state index in [9.17, 15) is 18.0 Å². The molecule has 0 aliphatic rings. The monoisotopic (exact) mass is 456 g/mol. The number of amides is 1. The summed E-state index contributed by atoms with van der Waals surface area (Å²) in [5.74, 6) is -1.09. The van der Waals surface area contributed by atoms with Crippen LogP contribution in [0.2, 0.25) is 5.02 Å². The Labute approximate surface area is 182 Å². The Morgan fingerprint density at radius 1 is 1.06 bits per heavy atom. The van der Waals surface area contributed by atoms with Crippen LogP contribution in [0.4, 0.5) is 0 Å². The van der Waals surface area contributed by atoms with Gasteiger partial charge in [0.2, 0.25) is 0 Å². The third-order valence-corrected chi connectivity index (χ3v) is 6.62. The van der Waals surface area contributed by atoms with E-state index < -0.39 is 21.5 Å². The van der Waals surface area contributed by atoms with Gasteiger partial charge in [0.25, 0.3) is 21.5 Å². The van der Waals surface area contributed by atoms with Crippen LogP contribution in [0.5, 0.6) is 0 Å². The van der Waals surface area contributed by atoms with E-state index in [0.717, 1.165) is 15.6 Å². The third-order valence-electron chi connectivity index (χ3n) is 4.79. The maximum atomic E-state index is 13.1. The van der Waals surface area contributed by atoms with E-state index in [2.05, 4.69) is 10.1 Å². The number of sulfonamides is 1. The maximum Gasteiger partial charge on any atom is 0.285 e. The number of aromatic nitrogens is 3. The number of hydrogen-bond donors (Lipinski definition) is 2. The normalized spacial score (nSPS) is 11.6. The van der Waals surface area contributed by atoms with E-state index in [1.165, 1.54) is 25.1 Å². The standard InChI is InChI=1S/C21H17ClN4O4S/c1-12-18(20(27)25-31(29,30)16-11-7-6-10-15(16)22)21(28)26-19(23-12)17(13(2)24-26)14-8-4-3-5-9-14/h3-11,24H,1-2H3,(H,25,27). The molecule has 0 aliphatic carbocycles. The minimum atomic E-state index is -4.29. The zero-order valence-electron chi connectivity index (χ0n) is 16.5. The Bertz CT molecular complexity index is 1490. The van der Waals surface area contributed by atoms with Crippen LogP contribution < -0.4 is 10.3 Å². The summed E-state index contributed by atoms with van der Waals surface area (Å²) in [6, 6.07) is 15.1. The molecule has 4 rings (SSSR count). The Kier molecular flexibility index (Phi) is 5.16. The van der Waals surface area contributed by atoms with Crippen molar-refractivity contribution in [2.75, 3.05) is 0 Å². The number of fused-ring (bicyclic) bond motifs is 1. The first-order valence-electron chi connectivity index (χ1n) is 9.19. The molecule has 4 aromatic rings. The predicted molar refractivity (Wildman–Crippen MR) is 117 cm³/mol. The second-order valence-electron chi connectivity index (χ2n) is 6.88. The Morgan fingerprint density at radius 3 is 2.39 bits per heavy atom. The van der Waals surface area contributed by atoms with Crippen molar-refractivity contribution < 1.29 is 13.2 Å². The topological polar surface area (TPSA) is 113 Å². The molecule has 0 atom stereocenters. The fraction of sp³-hybridized carbons (Fsp3) is 0.0952. The van der Waals surface area contributed by atoms with Crippen molar-refractivity contribution >= 4 is 33.2 Å². The summed E-state index contributed by atoms with van der Waals surface area (Å²) >= 11 is 5.94. The van der Waals surface area contributed by atoms with Gasteiger partial charge >= 0.3 is 0 Å². The largest absolute Gasteiger partial charge is 0.293 e. The molecular formula is C21H17ClN4O4S. The molecule has 0 fully saturated rings. The molecular weight excluding hydrogens is 440 g/mol. The summed E-state index contributed by atoms with van der Waals surface area (Å²) < 4.78 is 28.3. The molecule has 1 amide bonds. The van der Waals surface area contributed by atoms with Gasteiger partial charge < -0.3 is 0 Å². The van der Waals surface area contributed by atoms with Crippen LogP contribution >= 0.6 is 11.6 Å². The number of carbonyl (C=O) groups is 1. The van der Waals surface area contributed by atoms with E-state index in [4.69, 9.17) is 11.6 Å². The van der Waals surface area contributed by atoms with Crippen LogP contribution in [0.3, 0.4) is 0 Å². The average Bonchev–Trinajstić information content (AvgIpc) is 3.04. The zero-order valence-corrected chi connectivity index (χ0v) is 18.1. The Balaban J connectivity index is 1.82. The molecule has 0 radical (unpaired) electrons. The summed E-state index contributed by atoms with van der Waals surface area (Å²) in [6.07, 6.45) is 0. The number of aromatic amines is 1. The summed E-state index contributed by atoms with van der Waals surface area (Å²) in [4.78, 5) is 30.0. The molecule has 0 aliphatic heterocycles. The van der Waals surface area contributed by atoms with Crippen molar-refractivity contribution in [3.05, 3.63) is 86.9 Å². The molecule has 0 unspecified atom stereocenters. The number of benzene rings is 2. The van der Waals surface area contributed by atoms with E-state index in [-0.39, 0.29) is 21.2 Å². The highest BCUT2D eigenvalue weighted by molar-refractivity contribution is 7.90. The van der Waals surface area contributed by atoms with Gasteiger partial charge in [0, 0.05) is 11.3 Å². The lowest BCUT2D eigenvalue weighted by atomic mass is 10.1. The zero-order chi connectivity index (χ0) is 22.3. The lowest BCUT2D eigenvalue weighted by molar-refractivity contribution is 0.0978. The smallest absolute Gasteiger partial charge is 0.285 e. The summed E-state index contributed by atoms with van der Waals surface area (Å²) in [5, 5.41) is 2.87. The SMILES string of the molecule is Cc1nc2c(-c3ccccc3)c(C)[nH]n2c(=O)c1C(=O)NS(=O)(=O)c1ccccc1Cl. The van der Waals surface area contributed by atoms with Crippen LogP contribution in [-0.4, -0.2) is 28.9 Å². The Hall–Kier alpha value is -3.43. The van der Waals surface area contributed by atoms with Gasteiger partial charge in [0.05, 0.1) is 10.7 Å². The maximum absolute atomic E-state index is 13.1. The molecule has 8 nitrogen and oxygen atoms in total. The van der Waals surface area contributed by atoms with E-state index in [1.54, 1.807) is 13.0 Å². The number of H-pyrrole nitrogens is 1. The van der Waals surface area contributed by atoms with Crippen LogP contribution in [-0.2, 0) is 10.0 Å². The highest BCUT2D eigenvalue weighted by atomic mass is 35.5. The number of nitrogens with one attached hydrogen (secondary N) is 2. The second-order valence-corrected chi connectivity index (χ2v) is 8.94. The number of aryl methyl sites for hydroxylation is 2. The first-order chi connectivity index (χ1) is 14.7. The van der Waals surface area contributed by atoms with Gasteiger partial charge in [-0.15, -0.1) is 0 Å². The molecule has 2 aromatic heterocycles. The molecule has 0 bridgehead atoms. The summed E-state index contributed by atoms with van der Waals surface area (Å²) in [7, 11) is -4.29. The number of nitrogens with zero attached hydrogens (tertiary/aromatic N) is 2. The van der Waals surface area contributed by atoms with Gasteiger partial charge in [-0.25, -0.2) is 22.6 Å². The van der Waals surface area contributed by atoms with Crippen molar-refractivity contribution in [2.24, 2.45) is 0 Å². The number of carbonyl (C=O) groups excluding carboxylic acids is 1. The molecule has 158 valence electrons. The van der Waals surface area contributed by atoms with Gasteiger partial charge in [0.1, 0.15) is 10.5 Å². The van der Waals surface area contributed by atoms with Gasteiger partial charge in [-0.1, -0.05) is 54.1 Å². The van der Waals surface area contributed by atoms with Crippen molar-refractivity contribution in [3.63, 3.8) is 0 Å². The molecule has 31 heavy (non-hydrogen) atoms. The summed E-state index contributed by atoms with van der Waals surface area (Å²) in [6.45, 7) is 3.27. The van der Waals surface area contributed by atoms with Crippen molar-refractivity contribution in [1.29, 1.82) is 0 Å². The van der Waals surface area contributed by atoms with Gasteiger partial charge in [0.15, 0.2) is 5.65 Å². The number of rotatable bonds is 4. The molecule has 2 heterocycles. The third kappa shape index (κ3) is 3.62. The van der Waals surface area contributed by atoms with Crippen LogP contribution in [0.1, 0.15) is 21.7 Å². The Morgan fingerprint density at radius 2 is 1.71 bits per heavy atom. The van der Waals surface area contributed by atoms with Gasteiger partial charge in [-0.2, -0.15) is 0 Å². The predicted octanol–water partition coefficient (Wildman–Crippen LogP) is 3.08. The fourth-order valence-corrected chi connectivity index (χ4v) is 4.87. The van der Waals surface area contributed by atoms with E-state index >= 15 is 0 Å².